The van der Waals surface area contributed by atoms with Crippen LogP contribution in [0.5, 0.6) is 5.75 Å². The maximum Gasteiger partial charge on any atom is 0.255 e. The standard InChI is InChI=1S/C24H24N2O3S/c1-16-6-4-7-17(2)23(16)26-22(27)15-30-21-12-10-19(11-13-21)25-24(28)18-8-5-9-20(14-18)29-3/h4-14H,15H2,1-3H3,(H,25,28)(H,26,27). The summed E-state index contributed by atoms with van der Waals surface area (Å²) in [5.74, 6) is 0.687. The van der Waals surface area contributed by atoms with Gasteiger partial charge < -0.3 is 15.4 Å². The second-order valence-electron chi connectivity index (χ2n) is 6.81. The number of nitrogens with one attached hydrogen (secondary N) is 2. The SMILES string of the molecule is COc1cccc(C(=O)Nc2ccc(SCC(=O)Nc3c(C)cccc3C)cc2)c1. The fourth-order valence-corrected chi connectivity index (χ4v) is 3.64. The van der Waals surface area contributed by atoms with Gasteiger partial charge in [-0.15, -0.1) is 11.8 Å². The molecule has 0 aliphatic carbocycles. The Morgan fingerprint density at radius 3 is 2.23 bits per heavy atom. The first-order chi connectivity index (χ1) is 14.5. The van der Waals surface area contributed by atoms with Gasteiger partial charge in [-0.1, -0.05) is 24.3 Å². The Morgan fingerprint density at radius 1 is 0.900 bits per heavy atom. The zero-order valence-corrected chi connectivity index (χ0v) is 18.0. The van der Waals surface area contributed by atoms with E-state index in [-0.39, 0.29) is 11.8 Å². The highest BCUT2D eigenvalue weighted by molar-refractivity contribution is 8.00. The van der Waals surface area contributed by atoms with Crippen LogP contribution < -0.4 is 15.4 Å². The van der Waals surface area contributed by atoms with Gasteiger partial charge in [0.05, 0.1) is 12.9 Å². The predicted molar refractivity (Wildman–Crippen MR) is 123 cm³/mol. The van der Waals surface area contributed by atoms with E-state index in [4.69, 9.17) is 4.74 Å². The molecule has 0 radical (unpaired) electrons. The second-order valence-corrected chi connectivity index (χ2v) is 7.86. The van der Waals surface area contributed by atoms with Crippen LogP contribution in [0.2, 0.25) is 0 Å². The number of carbonyl (C=O) groups is 2. The molecule has 0 saturated carbocycles. The second kappa shape index (κ2) is 9.98. The summed E-state index contributed by atoms with van der Waals surface area (Å²) >= 11 is 1.45. The first-order valence-electron chi connectivity index (χ1n) is 9.50. The van der Waals surface area contributed by atoms with Gasteiger partial charge in [-0.05, 0) is 67.4 Å². The maximum absolute atomic E-state index is 12.4. The molecule has 154 valence electrons. The summed E-state index contributed by atoms with van der Waals surface area (Å²) in [4.78, 5) is 25.6. The first kappa shape index (κ1) is 21.5. The molecular weight excluding hydrogens is 396 g/mol. The Morgan fingerprint density at radius 2 is 1.57 bits per heavy atom. The summed E-state index contributed by atoms with van der Waals surface area (Å²) in [6.07, 6.45) is 0. The van der Waals surface area contributed by atoms with E-state index in [1.54, 1.807) is 31.4 Å². The first-order valence-corrected chi connectivity index (χ1v) is 10.5. The molecule has 0 unspecified atom stereocenters. The molecule has 6 heteroatoms. The number of carbonyl (C=O) groups excluding carboxylic acids is 2. The number of anilines is 2. The van der Waals surface area contributed by atoms with Gasteiger partial charge in [0.1, 0.15) is 5.75 Å². The monoisotopic (exact) mass is 420 g/mol. The molecule has 0 fully saturated rings. The van der Waals surface area contributed by atoms with E-state index in [0.29, 0.717) is 22.8 Å². The molecule has 2 amide bonds. The van der Waals surface area contributed by atoms with Crippen LogP contribution in [0.3, 0.4) is 0 Å². The lowest BCUT2D eigenvalue weighted by Gasteiger charge is -2.11. The van der Waals surface area contributed by atoms with Crippen molar-refractivity contribution < 1.29 is 14.3 Å². The van der Waals surface area contributed by atoms with Gasteiger partial charge in [-0.25, -0.2) is 0 Å². The maximum atomic E-state index is 12.4. The van der Waals surface area contributed by atoms with Crippen molar-refractivity contribution in [2.24, 2.45) is 0 Å². The molecule has 0 atom stereocenters. The molecule has 0 spiro atoms. The molecule has 0 aliphatic rings. The number of para-hydroxylation sites is 1. The van der Waals surface area contributed by atoms with Crippen molar-refractivity contribution in [3.63, 3.8) is 0 Å². The largest absolute Gasteiger partial charge is 0.497 e. The molecular formula is C24H24N2O3S. The number of amides is 2. The molecule has 0 bridgehead atoms. The average Bonchev–Trinajstić information content (AvgIpc) is 2.76. The predicted octanol–water partition coefficient (Wildman–Crippen LogP) is 5.30. The molecule has 0 saturated heterocycles. The van der Waals surface area contributed by atoms with Crippen molar-refractivity contribution in [3.8, 4) is 5.75 Å². The van der Waals surface area contributed by atoms with Crippen LogP contribution in [0, 0.1) is 13.8 Å². The number of aryl methyl sites for hydroxylation is 2. The van der Waals surface area contributed by atoms with Crippen LogP contribution >= 0.6 is 11.8 Å². The van der Waals surface area contributed by atoms with Crippen LogP contribution in [-0.2, 0) is 4.79 Å². The van der Waals surface area contributed by atoms with Crippen molar-refractivity contribution in [1.82, 2.24) is 0 Å². The summed E-state index contributed by atoms with van der Waals surface area (Å²) < 4.78 is 5.15. The van der Waals surface area contributed by atoms with E-state index < -0.39 is 0 Å². The zero-order valence-electron chi connectivity index (χ0n) is 17.2. The third-order valence-electron chi connectivity index (χ3n) is 4.56. The summed E-state index contributed by atoms with van der Waals surface area (Å²) in [6.45, 7) is 3.96. The molecule has 0 heterocycles. The molecule has 30 heavy (non-hydrogen) atoms. The van der Waals surface area contributed by atoms with Crippen LogP contribution in [0.4, 0.5) is 11.4 Å². The van der Waals surface area contributed by atoms with E-state index in [0.717, 1.165) is 21.7 Å². The number of hydrogen-bond donors (Lipinski definition) is 2. The molecule has 5 nitrogen and oxygen atoms in total. The van der Waals surface area contributed by atoms with E-state index >= 15 is 0 Å². The third-order valence-corrected chi connectivity index (χ3v) is 5.57. The van der Waals surface area contributed by atoms with E-state index in [2.05, 4.69) is 10.6 Å². The Hall–Kier alpha value is -3.25. The van der Waals surface area contributed by atoms with Crippen molar-refractivity contribution in [1.29, 1.82) is 0 Å². The average molecular weight is 421 g/mol. The smallest absolute Gasteiger partial charge is 0.255 e. The highest BCUT2D eigenvalue weighted by Crippen LogP contribution is 2.23. The Balaban J connectivity index is 1.54. The minimum atomic E-state index is -0.206. The van der Waals surface area contributed by atoms with Crippen LogP contribution in [-0.4, -0.2) is 24.7 Å². The topological polar surface area (TPSA) is 67.4 Å². The Bertz CT molecular complexity index is 1030. The minimum Gasteiger partial charge on any atom is -0.497 e. The molecule has 0 aliphatic heterocycles. The minimum absolute atomic E-state index is 0.0483. The lowest BCUT2D eigenvalue weighted by Crippen LogP contribution is -2.15. The fraction of sp³-hybridized carbons (Fsp3) is 0.167. The van der Waals surface area contributed by atoms with E-state index in [1.807, 2.05) is 56.3 Å². The highest BCUT2D eigenvalue weighted by Gasteiger charge is 2.09. The van der Waals surface area contributed by atoms with Crippen molar-refractivity contribution in [2.75, 3.05) is 23.5 Å². The molecule has 3 aromatic rings. The summed E-state index contributed by atoms with van der Waals surface area (Å²) in [7, 11) is 1.57. The zero-order chi connectivity index (χ0) is 21.5. The number of methoxy groups -OCH3 is 1. The van der Waals surface area contributed by atoms with E-state index in [1.165, 1.54) is 11.8 Å². The quantitative estimate of drug-likeness (QED) is 0.509. The van der Waals surface area contributed by atoms with Gasteiger partial charge in [-0.2, -0.15) is 0 Å². The molecule has 0 aromatic heterocycles. The van der Waals surface area contributed by atoms with Crippen molar-refractivity contribution in [2.45, 2.75) is 18.7 Å². The lowest BCUT2D eigenvalue weighted by molar-refractivity contribution is -0.113. The lowest BCUT2D eigenvalue weighted by atomic mass is 10.1. The van der Waals surface area contributed by atoms with Crippen LogP contribution in [0.25, 0.3) is 0 Å². The molecule has 3 aromatic carbocycles. The third kappa shape index (κ3) is 5.64. The van der Waals surface area contributed by atoms with Crippen molar-refractivity contribution >= 4 is 35.0 Å². The van der Waals surface area contributed by atoms with Gasteiger partial charge in [0, 0.05) is 21.8 Å². The number of thioether (sulfide) groups is 1. The Kier molecular flexibility index (Phi) is 7.14. The van der Waals surface area contributed by atoms with Crippen LogP contribution in [0.15, 0.2) is 71.6 Å². The van der Waals surface area contributed by atoms with Gasteiger partial charge >= 0.3 is 0 Å². The molecule has 3 rings (SSSR count). The normalized spacial score (nSPS) is 10.4. The number of rotatable bonds is 7. The highest BCUT2D eigenvalue weighted by atomic mass is 32.2. The Labute approximate surface area is 180 Å². The summed E-state index contributed by atoms with van der Waals surface area (Å²) in [5, 5.41) is 5.85. The number of ether oxygens (including phenoxy) is 1. The fourth-order valence-electron chi connectivity index (χ4n) is 2.94. The van der Waals surface area contributed by atoms with Gasteiger partial charge in [0.15, 0.2) is 0 Å². The number of hydrogen-bond acceptors (Lipinski definition) is 4. The number of benzene rings is 3. The van der Waals surface area contributed by atoms with E-state index in [9.17, 15) is 9.59 Å². The van der Waals surface area contributed by atoms with Gasteiger partial charge in [0.2, 0.25) is 5.91 Å². The van der Waals surface area contributed by atoms with Crippen molar-refractivity contribution in [3.05, 3.63) is 83.4 Å². The van der Waals surface area contributed by atoms with Crippen LogP contribution in [0.1, 0.15) is 21.5 Å². The van der Waals surface area contributed by atoms with Gasteiger partial charge in [-0.3, -0.25) is 9.59 Å². The molecule has 2 N–H and O–H groups in total. The summed E-state index contributed by atoms with van der Waals surface area (Å²) in [6, 6.07) is 20.3. The van der Waals surface area contributed by atoms with Gasteiger partial charge in [0.25, 0.3) is 5.91 Å². The summed E-state index contributed by atoms with van der Waals surface area (Å²) in [5.41, 5.74) is 4.18.